The average Bonchev–Trinajstić information content (AvgIpc) is 2.89. The summed E-state index contributed by atoms with van der Waals surface area (Å²) in [5, 5.41) is 3.24. The fourth-order valence-electron chi connectivity index (χ4n) is 2.07. The number of anilines is 1. The standard InChI is InChI=1S/C15H16BrClN2O3/c1-4-19-8-9(16)5-12(19)15(20)18-11-7-13(21-2)10(17)6-14(11)22-3/h5-8H,4H2,1-3H3,(H,18,20). The van der Waals surface area contributed by atoms with Crippen LogP contribution in [0, 0.1) is 0 Å². The van der Waals surface area contributed by atoms with E-state index in [4.69, 9.17) is 21.1 Å². The molecule has 0 aliphatic heterocycles. The molecule has 1 heterocycles. The van der Waals surface area contributed by atoms with E-state index in [0.29, 0.717) is 34.4 Å². The number of halogens is 2. The maximum Gasteiger partial charge on any atom is 0.272 e. The highest BCUT2D eigenvalue weighted by Gasteiger charge is 2.16. The van der Waals surface area contributed by atoms with Crippen molar-refractivity contribution < 1.29 is 14.3 Å². The number of hydrogen-bond donors (Lipinski definition) is 1. The number of carbonyl (C=O) groups is 1. The number of ether oxygens (including phenoxy) is 2. The van der Waals surface area contributed by atoms with Crippen molar-refractivity contribution in [2.75, 3.05) is 19.5 Å². The first kappa shape index (κ1) is 16.7. The third kappa shape index (κ3) is 3.39. The van der Waals surface area contributed by atoms with Gasteiger partial charge in [-0.3, -0.25) is 4.79 Å². The molecule has 0 radical (unpaired) electrons. The molecule has 2 aromatic rings. The molecule has 0 saturated heterocycles. The Kier molecular flexibility index (Phi) is 5.37. The van der Waals surface area contributed by atoms with Crippen molar-refractivity contribution in [2.24, 2.45) is 0 Å². The number of benzene rings is 1. The van der Waals surface area contributed by atoms with Crippen LogP contribution >= 0.6 is 27.5 Å². The van der Waals surface area contributed by atoms with Gasteiger partial charge in [0.05, 0.1) is 24.9 Å². The lowest BCUT2D eigenvalue weighted by Crippen LogP contribution is -2.17. The zero-order valence-electron chi connectivity index (χ0n) is 12.4. The van der Waals surface area contributed by atoms with Gasteiger partial charge in [0.15, 0.2) is 0 Å². The highest BCUT2D eigenvalue weighted by Crippen LogP contribution is 2.36. The normalized spacial score (nSPS) is 10.4. The minimum Gasteiger partial charge on any atom is -0.495 e. The molecule has 2 rings (SSSR count). The molecular weight excluding hydrogens is 372 g/mol. The Bertz CT molecular complexity index is 700. The first-order valence-electron chi connectivity index (χ1n) is 6.58. The Labute approximate surface area is 142 Å². The van der Waals surface area contributed by atoms with Crippen LogP contribution < -0.4 is 14.8 Å². The average molecular weight is 388 g/mol. The van der Waals surface area contributed by atoms with Crippen molar-refractivity contribution >= 4 is 39.1 Å². The maximum atomic E-state index is 12.5. The van der Waals surface area contributed by atoms with Gasteiger partial charge in [-0.2, -0.15) is 0 Å². The molecule has 1 N–H and O–H groups in total. The van der Waals surface area contributed by atoms with Crippen LogP contribution in [0.2, 0.25) is 5.02 Å². The van der Waals surface area contributed by atoms with Crippen LogP contribution in [0.25, 0.3) is 0 Å². The largest absolute Gasteiger partial charge is 0.495 e. The molecule has 0 fully saturated rings. The SMILES string of the molecule is CCn1cc(Br)cc1C(=O)Nc1cc(OC)c(Cl)cc1OC. The summed E-state index contributed by atoms with van der Waals surface area (Å²) < 4.78 is 13.1. The lowest BCUT2D eigenvalue weighted by atomic mass is 10.2. The van der Waals surface area contributed by atoms with Crippen LogP contribution in [-0.2, 0) is 6.54 Å². The van der Waals surface area contributed by atoms with Crippen LogP contribution in [0.4, 0.5) is 5.69 Å². The third-order valence-electron chi connectivity index (χ3n) is 3.16. The van der Waals surface area contributed by atoms with Gasteiger partial charge in [0.1, 0.15) is 17.2 Å². The van der Waals surface area contributed by atoms with Crippen LogP contribution in [0.1, 0.15) is 17.4 Å². The van der Waals surface area contributed by atoms with E-state index in [2.05, 4.69) is 21.2 Å². The fraction of sp³-hybridized carbons (Fsp3) is 0.267. The van der Waals surface area contributed by atoms with Gasteiger partial charge in [0.25, 0.3) is 5.91 Å². The smallest absolute Gasteiger partial charge is 0.272 e. The molecular formula is C15H16BrClN2O3. The predicted molar refractivity (Wildman–Crippen MR) is 90.3 cm³/mol. The Morgan fingerprint density at radius 1 is 1.27 bits per heavy atom. The molecule has 0 aliphatic rings. The van der Waals surface area contributed by atoms with Crippen molar-refractivity contribution in [3.63, 3.8) is 0 Å². The van der Waals surface area contributed by atoms with Crippen molar-refractivity contribution in [3.8, 4) is 11.5 Å². The van der Waals surface area contributed by atoms with E-state index in [1.54, 1.807) is 18.2 Å². The molecule has 22 heavy (non-hydrogen) atoms. The Hall–Kier alpha value is -1.66. The number of amides is 1. The molecule has 5 nitrogen and oxygen atoms in total. The quantitative estimate of drug-likeness (QED) is 0.837. The molecule has 1 aromatic heterocycles. The molecule has 0 atom stereocenters. The highest BCUT2D eigenvalue weighted by atomic mass is 79.9. The lowest BCUT2D eigenvalue weighted by molar-refractivity contribution is 0.101. The van der Waals surface area contributed by atoms with E-state index in [1.165, 1.54) is 14.2 Å². The number of hydrogen-bond acceptors (Lipinski definition) is 3. The number of aryl methyl sites for hydroxylation is 1. The summed E-state index contributed by atoms with van der Waals surface area (Å²) in [5.74, 6) is 0.688. The zero-order chi connectivity index (χ0) is 16.3. The minimum absolute atomic E-state index is 0.241. The van der Waals surface area contributed by atoms with Gasteiger partial charge in [0, 0.05) is 29.3 Å². The Morgan fingerprint density at radius 3 is 2.55 bits per heavy atom. The van der Waals surface area contributed by atoms with Gasteiger partial charge in [0.2, 0.25) is 0 Å². The van der Waals surface area contributed by atoms with E-state index in [9.17, 15) is 4.79 Å². The number of aromatic nitrogens is 1. The number of rotatable bonds is 5. The van der Waals surface area contributed by atoms with Gasteiger partial charge in [-0.25, -0.2) is 0 Å². The van der Waals surface area contributed by atoms with E-state index >= 15 is 0 Å². The molecule has 1 aromatic carbocycles. The third-order valence-corrected chi connectivity index (χ3v) is 3.89. The number of nitrogens with zero attached hydrogens (tertiary/aromatic N) is 1. The van der Waals surface area contributed by atoms with E-state index < -0.39 is 0 Å². The summed E-state index contributed by atoms with van der Waals surface area (Å²) in [4.78, 5) is 12.5. The summed E-state index contributed by atoms with van der Waals surface area (Å²) >= 11 is 9.43. The molecule has 0 unspecified atom stereocenters. The first-order chi connectivity index (χ1) is 10.5. The topological polar surface area (TPSA) is 52.5 Å². The van der Waals surface area contributed by atoms with Gasteiger partial charge in [-0.05, 0) is 28.9 Å². The molecule has 7 heteroatoms. The second-order valence-corrected chi connectivity index (χ2v) is 5.79. The van der Waals surface area contributed by atoms with Gasteiger partial charge < -0.3 is 19.4 Å². The fourth-order valence-corrected chi connectivity index (χ4v) is 2.77. The summed E-state index contributed by atoms with van der Waals surface area (Å²) in [6.45, 7) is 2.66. The van der Waals surface area contributed by atoms with Crippen molar-refractivity contribution in [1.29, 1.82) is 0 Å². The van der Waals surface area contributed by atoms with Crippen molar-refractivity contribution in [1.82, 2.24) is 4.57 Å². The van der Waals surface area contributed by atoms with Crippen LogP contribution in [0.5, 0.6) is 11.5 Å². The van der Waals surface area contributed by atoms with Gasteiger partial charge >= 0.3 is 0 Å². The molecule has 0 bridgehead atoms. The Morgan fingerprint density at radius 2 is 1.95 bits per heavy atom. The summed E-state index contributed by atoms with van der Waals surface area (Å²) in [6.07, 6.45) is 1.86. The van der Waals surface area contributed by atoms with Crippen molar-refractivity contribution in [2.45, 2.75) is 13.5 Å². The monoisotopic (exact) mass is 386 g/mol. The minimum atomic E-state index is -0.241. The van der Waals surface area contributed by atoms with Crippen LogP contribution in [0.15, 0.2) is 28.9 Å². The summed E-state index contributed by atoms with van der Waals surface area (Å²) in [5.41, 5.74) is 1.04. The molecule has 118 valence electrons. The number of methoxy groups -OCH3 is 2. The maximum absolute atomic E-state index is 12.5. The highest BCUT2D eigenvalue weighted by molar-refractivity contribution is 9.10. The molecule has 0 spiro atoms. The summed E-state index contributed by atoms with van der Waals surface area (Å²) in [7, 11) is 3.03. The summed E-state index contributed by atoms with van der Waals surface area (Å²) in [6, 6.07) is 5.00. The van der Waals surface area contributed by atoms with Crippen LogP contribution in [-0.4, -0.2) is 24.7 Å². The van der Waals surface area contributed by atoms with Crippen LogP contribution in [0.3, 0.4) is 0 Å². The number of nitrogens with one attached hydrogen (secondary N) is 1. The first-order valence-corrected chi connectivity index (χ1v) is 7.75. The van der Waals surface area contributed by atoms with E-state index in [1.807, 2.05) is 17.7 Å². The lowest BCUT2D eigenvalue weighted by Gasteiger charge is -2.13. The molecule has 1 amide bonds. The van der Waals surface area contributed by atoms with E-state index in [-0.39, 0.29) is 5.91 Å². The zero-order valence-corrected chi connectivity index (χ0v) is 14.8. The second-order valence-electron chi connectivity index (χ2n) is 4.47. The Balaban J connectivity index is 2.35. The second kappa shape index (κ2) is 7.07. The van der Waals surface area contributed by atoms with E-state index in [0.717, 1.165) is 4.47 Å². The number of carbonyl (C=O) groups excluding carboxylic acids is 1. The molecule has 0 saturated carbocycles. The van der Waals surface area contributed by atoms with Gasteiger partial charge in [-0.1, -0.05) is 11.6 Å². The predicted octanol–water partition coefficient (Wildman–Crippen LogP) is 4.19. The molecule has 0 aliphatic carbocycles. The van der Waals surface area contributed by atoms with Crippen molar-refractivity contribution in [3.05, 3.63) is 39.6 Å². The van der Waals surface area contributed by atoms with Gasteiger partial charge in [-0.15, -0.1) is 0 Å².